The summed E-state index contributed by atoms with van der Waals surface area (Å²) in [4.78, 5) is 155. The number of fused-ring (bicyclic) bond motifs is 21. The van der Waals surface area contributed by atoms with Gasteiger partial charge in [-0.05, 0) is 221 Å². The topological polar surface area (TPSA) is 552 Å². The Kier molecular flexibility index (Phi) is 27.9. The number of ether oxygens (including phenoxy) is 8. The van der Waals surface area contributed by atoms with Crippen LogP contribution in [0.2, 0.25) is 5.02 Å². The average molecular weight is 2010 g/mol. The molecule has 37 nitrogen and oxygen atoms in total. The largest absolute Gasteiger partial charge is 0.508 e. The number of phenols is 3. The molecule has 10 amide bonds. The van der Waals surface area contributed by atoms with Crippen LogP contribution in [-0.2, 0) is 62.0 Å². The number of nitrogens with zero attached hydrogens (tertiary/aromatic N) is 1. The molecule has 2 saturated heterocycles. The highest BCUT2D eigenvalue weighted by atomic mass is 35.5. The van der Waals surface area contributed by atoms with Crippen molar-refractivity contribution in [2.24, 2.45) is 35.3 Å². The van der Waals surface area contributed by atoms with E-state index in [2.05, 4.69) is 42.5 Å². The first-order valence-electron chi connectivity index (χ1n) is 48.5. The molecular formula is C107H113ClN10O27. The van der Waals surface area contributed by atoms with Gasteiger partial charge in [0.2, 0.25) is 59.3 Å². The van der Waals surface area contributed by atoms with E-state index in [-0.39, 0.29) is 93.7 Å². The lowest BCUT2D eigenvalue weighted by Crippen LogP contribution is -2.66. The number of halogens is 1. The fraction of sp³-hybridized carbons (Fsp3) is 0.402. The predicted molar refractivity (Wildman–Crippen MR) is 518 cm³/mol. The minimum atomic E-state index is -2.40. The number of aliphatic hydroxyl groups excluding tert-OH is 6. The van der Waals surface area contributed by atoms with Crippen LogP contribution in [0.5, 0.6) is 46.0 Å². The Hall–Kier alpha value is -14.0. The quantitative estimate of drug-likeness (QED) is 0.0359. The maximum atomic E-state index is 16.8. The molecule has 0 radical (unpaired) electrons. The Balaban J connectivity index is 0.725. The summed E-state index contributed by atoms with van der Waals surface area (Å²) in [5, 5.41) is 131. The minimum absolute atomic E-state index is 0.0439. The van der Waals surface area contributed by atoms with Gasteiger partial charge in [-0.25, -0.2) is 9.59 Å². The monoisotopic (exact) mass is 2000 g/mol. The first-order chi connectivity index (χ1) is 69.4. The smallest absolute Gasteiger partial charge is 0.410 e. The summed E-state index contributed by atoms with van der Waals surface area (Å²) < 4.78 is 52.3. The number of aryl methyl sites for hydroxylation is 1. The second kappa shape index (κ2) is 40.5. The Labute approximate surface area is 837 Å². The second-order valence-electron chi connectivity index (χ2n) is 40.1. The Morgan fingerprint density at radius 2 is 1.14 bits per heavy atom. The highest BCUT2D eigenvalue weighted by Crippen LogP contribution is 2.56. The molecule has 18 atom stereocenters. The zero-order chi connectivity index (χ0) is 102. The van der Waals surface area contributed by atoms with Crippen LogP contribution >= 0.6 is 11.6 Å². The lowest BCUT2D eigenvalue weighted by Gasteiger charge is -2.54. The van der Waals surface area contributed by atoms with Crippen LogP contribution in [0.4, 0.5) is 9.59 Å². The zero-order valence-electron chi connectivity index (χ0n) is 79.7. The normalized spacial score (nSPS) is 28.3. The molecule has 15 bridgehead atoms. The number of alkyl carbamates (subject to hydrolysis) is 1. The number of aliphatic hydroxyl groups is 6. The van der Waals surface area contributed by atoms with Crippen LogP contribution in [0.15, 0.2) is 176 Å². The third kappa shape index (κ3) is 19.7. The zero-order valence-corrected chi connectivity index (χ0v) is 80.5. The van der Waals surface area contributed by atoms with E-state index in [9.17, 15) is 60.3 Å². The Bertz CT molecular complexity index is 6510. The Morgan fingerprint density at radius 3 is 1.74 bits per heavy atom. The molecule has 760 valence electrons. The van der Waals surface area contributed by atoms with Crippen LogP contribution in [0.1, 0.15) is 177 Å². The van der Waals surface area contributed by atoms with Gasteiger partial charge in [0.1, 0.15) is 121 Å². The number of carbonyl (C=O) groups is 10. The van der Waals surface area contributed by atoms with Crippen LogP contribution in [0.3, 0.4) is 0 Å². The number of rotatable bonds is 19. The van der Waals surface area contributed by atoms with Gasteiger partial charge in [-0.2, -0.15) is 0 Å². The molecular weight excluding hydrogens is 1890 g/mol. The predicted octanol–water partition coefficient (Wildman–Crippen LogP) is 8.86. The molecule has 38 heteroatoms. The molecule has 0 spiro atoms. The maximum Gasteiger partial charge on any atom is 0.410 e. The summed E-state index contributed by atoms with van der Waals surface area (Å²) in [5.74, 6) is -14.7. The van der Waals surface area contributed by atoms with Crippen molar-refractivity contribution in [1.29, 1.82) is 0 Å². The van der Waals surface area contributed by atoms with Gasteiger partial charge < -0.3 is 132 Å². The first kappa shape index (κ1) is 99.7. The third-order valence-electron chi connectivity index (χ3n) is 30.0. The van der Waals surface area contributed by atoms with Crippen molar-refractivity contribution in [2.45, 2.75) is 213 Å². The van der Waals surface area contributed by atoms with Crippen molar-refractivity contribution in [3.63, 3.8) is 0 Å². The lowest BCUT2D eigenvalue weighted by molar-refractivity contribution is -0.334. The van der Waals surface area contributed by atoms with Crippen LogP contribution in [0.25, 0.3) is 33.4 Å². The van der Waals surface area contributed by atoms with Crippen LogP contribution in [-0.4, -0.2) is 222 Å². The lowest BCUT2D eigenvalue weighted by atomic mass is 9.54. The molecule has 0 aromatic heterocycles. The number of nitrogens with two attached hydrogens (primary N) is 1. The van der Waals surface area contributed by atoms with E-state index >= 15 is 33.6 Å². The van der Waals surface area contributed by atoms with Crippen molar-refractivity contribution in [1.82, 2.24) is 47.4 Å². The fourth-order valence-corrected chi connectivity index (χ4v) is 23.2. The first-order valence-corrected chi connectivity index (χ1v) is 48.9. The SMILES string of the molecule is Cc1cc2ccc1Oc1cc3cc(c1O[C@@H]1O[C@H](CO)[C@@H](O)[C@H](O)[C@H]1O[C@H]1C[C@](C)(NC(=O)OCC4c5ccccc5-c5ccccc54)[C@H](O)[C@H](C)O1)Oc1ccc(cc1Cl)[C@@H](O)[C@@H]1NC(=O)[C@H](NC(=O)[C@@H]3NC(=O)[C@H](CC(N)=O)NC(=O)[C@H](NC(=O)[C@@H](CC(C)C)N(C)C(=O)OCC3c4ccccc4-c4ccccc43)[C@@H]2O)c2ccc(O)c(c2)-c2c(O)cc(O)cc2[C@@H](C(=O)NC2C3CC4CC(C3)CC2C4)NC1=O. The van der Waals surface area contributed by atoms with Crippen molar-refractivity contribution >= 4 is 71.0 Å². The number of hydrogen-bond acceptors (Lipinski definition) is 27. The molecule has 22 rings (SSSR count). The summed E-state index contributed by atoms with van der Waals surface area (Å²) in [5.41, 5.74) is 9.66. The van der Waals surface area contributed by atoms with Gasteiger partial charge in [0.15, 0.2) is 23.9 Å². The average Bonchev–Trinajstić information content (AvgIpc) is 1.64. The summed E-state index contributed by atoms with van der Waals surface area (Å²) in [7, 11) is 1.32. The van der Waals surface area contributed by atoms with Gasteiger partial charge >= 0.3 is 12.2 Å². The van der Waals surface area contributed by atoms with Gasteiger partial charge in [0, 0.05) is 48.5 Å². The number of hydrogen-bond donors (Lipinski definition) is 18. The number of likely N-dealkylation sites (N-methyl/N-ethyl adjacent to an activating group) is 1. The van der Waals surface area contributed by atoms with Gasteiger partial charge in [0.05, 0.1) is 29.7 Å². The van der Waals surface area contributed by atoms with Crippen molar-refractivity contribution in [3.8, 4) is 79.4 Å². The van der Waals surface area contributed by atoms with E-state index in [0.29, 0.717) is 11.8 Å². The molecule has 13 aliphatic rings. The number of amides is 10. The molecule has 7 heterocycles. The number of phenolic OH excluding ortho intramolecular Hbond substituents is 3. The third-order valence-corrected chi connectivity index (χ3v) is 30.3. The van der Waals surface area contributed by atoms with Crippen molar-refractivity contribution in [3.05, 3.63) is 237 Å². The maximum absolute atomic E-state index is 16.8. The summed E-state index contributed by atoms with van der Waals surface area (Å²) >= 11 is 7.38. The van der Waals surface area contributed by atoms with Crippen LogP contribution in [0, 0.1) is 36.5 Å². The number of benzene rings is 9. The summed E-state index contributed by atoms with van der Waals surface area (Å²) in [6.45, 7) is 6.69. The highest BCUT2D eigenvalue weighted by Gasteiger charge is 2.55. The molecule has 4 saturated carbocycles. The van der Waals surface area contributed by atoms with Crippen molar-refractivity contribution < 1.29 is 132 Å². The number of aromatic hydroxyl groups is 3. The molecule has 0 unspecified atom stereocenters. The molecule has 9 aromatic rings. The van der Waals surface area contributed by atoms with Gasteiger partial charge in [-0.3, -0.25) is 43.3 Å². The summed E-state index contributed by atoms with van der Waals surface area (Å²) in [6, 6.07) is 30.6. The van der Waals surface area contributed by atoms with E-state index < -0.39 is 245 Å². The molecule has 145 heavy (non-hydrogen) atoms. The number of carbonyl (C=O) groups excluding carboxylic acids is 10. The van der Waals surface area contributed by atoms with Gasteiger partial charge in [0.25, 0.3) is 0 Å². The molecule has 6 fully saturated rings. The van der Waals surface area contributed by atoms with Crippen molar-refractivity contribution in [2.75, 3.05) is 26.9 Å². The van der Waals surface area contributed by atoms with E-state index in [1.807, 2.05) is 97.1 Å². The summed E-state index contributed by atoms with van der Waals surface area (Å²) in [6.07, 6.45) is -17.9. The van der Waals surface area contributed by atoms with Crippen LogP contribution < -0.4 is 62.5 Å². The molecule has 9 aromatic carbocycles. The second-order valence-corrected chi connectivity index (χ2v) is 40.5. The van der Waals surface area contributed by atoms with E-state index in [0.717, 1.165) is 130 Å². The fourth-order valence-electron chi connectivity index (χ4n) is 22.9. The number of primary amides is 1. The van der Waals surface area contributed by atoms with Gasteiger partial charge in [-0.15, -0.1) is 0 Å². The molecule has 6 aliphatic carbocycles. The molecule has 7 aliphatic heterocycles. The van der Waals surface area contributed by atoms with E-state index in [1.54, 1.807) is 13.8 Å². The molecule has 19 N–H and O–H groups in total. The highest BCUT2D eigenvalue weighted by molar-refractivity contribution is 6.32. The number of nitrogens with one attached hydrogen (secondary N) is 8. The van der Waals surface area contributed by atoms with E-state index in [1.165, 1.54) is 58.2 Å². The standard InChI is InChI=1S/C107H113ClN10O27/c1-47(2)29-73(118(6)106(137)139-46-70-65-21-13-9-17-61(65)62-18-10-14-22-66(62)70)98(130)115-88-90(124)53-24-27-76(48(3)30-53)141-78-38-57-39-79(94(78)145-104-95(93(127)92(126)80(44-119)143-104)144-82-43-107(5,96(128)49(4)140-82)117-105(136)138-45-69-63-19-11-7-15-59(63)60-16-8-12-20-64(60)69)142-77-28-25-54(37-71(77)108)91(125)89-103(135)114-87(101(133)111-84-55-32-50-31-51(34-55)35-56(84)33-50)68-40-58(120)41-75(122)83(68)67-36-52(23-26-74(67)121)85(99(131)116-89)113-100(132)86(57)112-97(129)72(42-81(109)123)110-102(88)134/h7-28,30,36-41,47,49-51,55-56,69-70,72-73,80,82,84-93,95-96,104,119-122,124-128H,29,31-35,42-46H2,1-6H3,(H2,109,123)(H,110,134)(H,111,133)(H,112,129)(H,113,132)(H,114,135)(H,115,130)(H,116,131)(H,117,136)/t49-,50?,51?,55?,56?,72-,73+,80+,82-,84?,85+,86+,87-,88+,89-,90+,91+,92+,93-,95+,96+,104-,107-/m0/s1. The Morgan fingerprint density at radius 1 is 0.579 bits per heavy atom. The van der Waals surface area contributed by atoms with E-state index in [4.69, 9.17) is 55.2 Å². The minimum Gasteiger partial charge on any atom is -0.508 e. The van der Waals surface area contributed by atoms with Gasteiger partial charge in [-0.1, -0.05) is 141 Å².